The number of rotatable bonds is 2. The van der Waals surface area contributed by atoms with Crippen molar-refractivity contribution in [3.8, 4) is 0 Å². The van der Waals surface area contributed by atoms with Crippen molar-refractivity contribution in [2.24, 2.45) is 0 Å². The Morgan fingerprint density at radius 1 is 1.12 bits per heavy atom. The van der Waals surface area contributed by atoms with Gasteiger partial charge >= 0.3 is 0 Å². The molecule has 3 rings (SSSR count). The molecule has 2 N–H and O–H groups in total. The summed E-state index contributed by atoms with van der Waals surface area (Å²) in [5, 5.41) is 0. The molecule has 0 amide bonds. The molecule has 0 unspecified atom stereocenters. The van der Waals surface area contributed by atoms with E-state index >= 15 is 0 Å². The van der Waals surface area contributed by atoms with Crippen molar-refractivity contribution in [1.29, 1.82) is 0 Å². The molecule has 1 saturated heterocycles. The van der Waals surface area contributed by atoms with Crippen LogP contribution in [-0.2, 0) is 0 Å². The fourth-order valence-electron chi connectivity index (χ4n) is 1.83. The summed E-state index contributed by atoms with van der Waals surface area (Å²) in [6.45, 7) is 2.02. The molecule has 86 valence electrons. The van der Waals surface area contributed by atoms with Crippen molar-refractivity contribution in [2.45, 2.75) is 18.8 Å². The number of nitrogen functional groups attached to an aromatic ring is 1. The van der Waals surface area contributed by atoms with Gasteiger partial charge in [-0.2, -0.15) is 26.7 Å². The number of hydrogen-bond acceptors (Lipinski definition) is 6. The van der Waals surface area contributed by atoms with Gasteiger partial charge in [-0.15, -0.1) is 0 Å². The fraction of sp³-hybridized carbons (Fsp3) is 0.700. The predicted molar refractivity (Wildman–Crippen MR) is 65.8 cm³/mol. The SMILES string of the molecule is Nc1nc(C2CC2)nc(N2CCSCC2)n1. The minimum Gasteiger partial charge on any atom is -0.368 e. The quantitative estimate of drug-likeness (QED) is 0.823. The van der Waals surface area contributed by atoms with Gasteiger partial charge in [0.25, 0.3) is 0 Å². The van der Waals surface area contributed by atoms with Crippen molar-refractivity contribution in [1.82, 2.24) is 15.0 Å². The van der Waals surface area contributed by atoms with Crippen LogP contribution in [0.2, 0.25) is 0 Å². The average molecular weight is 237 g/mol. The van der Waals surface area contributed by atoms with Crippen molar-refractivity contribution < 1.29 is 0 Å². The number of anilines is 2. The highest BCUT2D eigenvalue weighted by molar-refractivity contribution is 7.99. The Morgan fingerprint density at radius 2 is 1.88 bits per heavy atom. The summed E-state index contributed by atoms with van der Waals surface area (Å²) >= 11 is 1.98. The molecule has 0 radical (unpaired) electrons. The monoisotopic (exact) mass is 237 g/mol. The molecule has 2 fully saturated rings. The Balaban J connectivity index is 1.86. The van der Waals surface area contributed by atoms with Gasteiger partial charge in [0, 0.05) is 30.5 Å². The largest absolute Gasteiger partial charge is 0.368 e. The molecule has 1 aliphatic heterocycles. The van der Waals surface area contributed by atoms with Crippen molar-refractivity contribution in [2.75, 3.05) is 35.2 Å². The number of aromatic nitrogens is 3. The Morgan fingerprint density at radius 3 is 2.56 bits per heavy atom. The average Bonchev–Trinajstić information content (AvgIpc) is 3.13. The van der Waals surface area contributed by atoms with Crippen LogP contribution in [0, 0.1) is 0 Å². The summed E-state index contributed by atoms with van der Waals surface area (Å²) in [5.74, 6) is 4.85. The lowest BCUT2D eigenvalue weighted by Gasteiger charge is -2.26. The zero-order chi connectivity index (χ0) is 11.0. The summed E-state index contributed by atoms with van der Waals surface area (Å²) < 4.78 is 0. The zero-order valence-electron chi connectivity index (χ0n) is 9.09. The van der Waals surface area contributed by atoms with E-state index < -0.39 is 0 Å². The third-order valence-electron chi connectivity index (χ3n) is 2.89. The van der Waals surface area contributed by atoms with Crippen LogP contribution >= 0.6 is 11.8 Å². The smallest absolute Gasteiger partial charge is 0.230 e. The zero-order valence-corrected chi connectivity index (χ0v) is 9.91. The topological polar surface area (TPSA) is 67.9 Å². The first-order chi connectivity index (χ1) is 7.83. The molecule has 5 nitrogen and oxygen atoms in total. The first-order valence-corrected chi connectivity index (χ1v) is 6.82. The van der Waals surface area contributed by atoms with Crippen molar-refractivity contribution in [3.63, 3.8) is 0 Å². The molecular weight excluding hydrogens is 222 g/mol. The second kappa shape index (κ2) is 4.08. The van der Waals surface area contributed by atoms with Crippen molar-refractivity contribution in [3.05, 3.63) is 5.82 Å². The highest BCUT2D eigenvalue weighted by Crippen LogP contribution is 2.38. The Kier molecular flexibility index (Phi) is 2.59. The molecule has 1 aliphatic carbocycles. The maximum atomic E-state index is 5.74. The van der Waals surface area contributed by atoms with Gasteiger partial charge in [0.05, 0.1) is 0 Å². The normalized spacial score (nSPS) is 21.1. The maximum Gasteiger partial charge on any atom is 0.230 e. The van der Waals surface area contributed by atoms with E-state index in [1.807, 2.05) is 11.8 Å². The highest BCUT2D eigenvalue weighted by atomic mass is 32.2. The summed E-state index contributed by atoms with van der Waals surface area (Å²) in [7, 11) is 0. The lowest BCUT2D eigenvalue weighted by Crippen LogP contribution is -2.34. The van der Waals surface area contributed by atoms with Crippen LogP contribution < -0.4 is 10.6 Å². The molecule has 2 aliphatic rings. The van der Waals surface area contributed by atoms with E-state index in [2.05, 4.69) is 19.9 Å². The molecule has 0 bridgehead atoms. The molecule has 2 heterocycles. The molecule has 0 spiro atoms. The first kappa shape index (κ1) is 10.1. The van der Waals surface area contributed by atoms with E-state index in [1.54, 1.807) is 0 Å². The summed E-state index contributed by atoms with van der Waals surface area (Å²) in [6.07, 6.45) is 2.39. The van der Waals surface area contributed by atoms with Gasteiger partial charge in [0.2, 0.25) is 11.9 Å². The first-order valence-electron chi connectivity index (χ1n) is 5.67. The van der Waals surface area contributed by atoms with E-state index in [1.165, 1.54) is 12.8 Å². The highest BCUT2D eigenvalue weighted by Gasteiger charge is 2.28. The number of nitrogens with zero attached hydrogens (tertiary/aromatic N) is 4. The standard InChI is InChI=1S/C10H15N5S/c11-9-12-8(7-1-2-7)13-10(14-9)15-3-5-16-6-4-15/h7H,1-6H2,(H2,11,12,13,14). The van der Waals surface area contributed by atoms with E-state index in [9.17, 15) is 0 Å². The Hall–Kier alpha value is -1.04. The Bertz CT molecular complexity index is 387. The number of thioether (sulfide) groups is 1. The van der Waals surface area contributed by atoms with Gasteiger partial charge in [-0.05, 0) is 12.8 Å². The van der Waals surface area contributed by atoms with Gasteiger partial charge in [-0.3, -0.25) is 0 Å². The fourth-order valence-corrected chi connectivity index (χ4v) is 2.73. The van der Waals surface area contributed by atoms with Crippen LogP contribution in [0.15, 0.2) is 0 Å². The van der Waals surface area contributed by atoms with E-state index in [4.69, 9.17) is 5.73 Å². The van der Waals surface area contributed by atoms with Gasteiger partial charge < -0.3 is 10.6 Å². The Labute approximate surface area is 98.9 Å². The van der Waals surface area contributed by atoms with Gasteiger partial charge in [-0.1, -0.05) is 0 Å². The van der Waals surface area contributed by atoms with E-state index in [-0.39, 0.29) is 0 Å². The minimum atomic E-state index is 0.366. The maximum absolute atomic E-state index is 5.74. The van der Waals surface area contributed by atoms with Gasteiger partial charge in [0.1, 0.15) is 5.82 Å². The summed E-state index contributed by atoms with van der Waals surface area (Å²) in [5.41, 5.74) is 5.74. The molecular formula is C10H15N5S. The number of hydrogen-bond donors (Lipinski definition) is 1. The summed E-state index contributed by atoms with van der Waals surface area (Å²) in [6, 6.07) is 0. The van der Waals surface area contributed by atoms with Crippen LogP contribution in [-0.4, -0.2) is 39.5 Å². The van der Waals surface area contributed by atoms with Crippen LogP contribution in [0.25, 0.3) is 0 Å². The van der Waals surface area contributed by atoms with Crippen LogP contribution in [0.4, 0.5) is 11.9 Å². The molecule has 0 atom stereocenters. The van der Waals surface area contributed by atoms with Gasteiger partial charge in [0.15, 0.2) is 0 Å². The van der Waals surface area contributed by atoms with E-state index in [0.717, 1.165) is 36.4 Å². The second-order valence-corrected chi connectivity index (χ2v) is 5.45. The minimum absolute atomic E-state index is 0.366. The third-order valence-corrected chi connectivity index (χ3v) is 3.84. The predicted octanol–water partition coefficient (Wildman–Crippen LogP) is 0.884. The third kappa shape index (κ3) is 2.07. The molecule has 16 heavy (non-hydrogen) atoms. The molecule has 0 aromatic carbocycles. The molecule has 6 heteroatoms. The van der Waals surface area contributed by atoms with Gasteiger partial charge in [-0.25, -0.2) is 0 Å². The van der Waals surface area contributed by atoms with Crippen LogP contribution in [0.5, 0.6) is 0 Å². The second-order valence-electron chi connectivity index (χ2n) is 4.23. The molecule has 1 saturated carbocycles. The van der Waals surface area contributed by atoms with Crippen LogP contribution in [0.1, 0.15) is 24.6 Å². The van der Waals surface area contributed by atoms with E-state index in [0.29, 0.717) is 11.9 Å². The lowest BCUT2D eigenvalue weighted by molar-refractivity contribution is 0.786. The van der Waals surface area contributed by atoms with Crippen LogP contribution in [0.3, 0.4) is 0 Å². The molecule has 1 aromatic rings. The molecule has 1 aromatic heterocycles. The lowest BCUT2D eigenvalue weighted by atomic mass is 10.4. The summed E-state index contributed by atoms with van der Waals surface area (Å²) in [4.78, 5) is 15.2. The van der Waals surface area contributed by atoms with Crippen molar-refractivity contribution >= 4 is 23.7 Å². The number of nitrogens with two attached hydrogens (primary N) is 1.